The smallest absolute Gasteiger partial charge is 0.153 e. The SMILES string of the molecule is O=Cc1cn[nH]c1-c1cc(Br)ccc1Br. The topological polar surface area (TPSA) is 45.8 Å². The van der Waals surface area contributed by atoms with Crippen LogP contribution in [0, 0.1) is 0 Å². The number of aldehydes is 1. The number of hydrogen-bond acceptors (Lipinski definition) is 2. The highest BCUT2D eigenvalue weighted by Crippen LogP contribution is 2.31. The first kappa shape index (κ1) is 10.6. The molecule has 0 saturated heterocycles. The monoisotopic (exact) mass is 328 g/mol. The van der Waals surface area contributed by atoms with Crippen LogP contribution in [0.5, 0.6) is 0 Å². The Hall–Kier alpha value is -0.940. The second-order valence-electron chi connectivity index (χ2n) is 2.94. The van der Waals surface area contributed by atoms with Gasteiger partial charge in [0, 0.05) is 14.5 Å². The molecule has 0 aliphatic carbocycles. The van der Waals surface area contributed by atoms with E-state index in [9.17, 15) is 4.79 Å². The second-order valence-corrected chi connectivity index (χ2v) is 4.71. The Bertz CT molecular complexity index is 508. The van der Waals surface area contributed by atoms with Gasteiger partial charge in [-0.25, -0.2) is 0 Å². The predicted molar refractivity (Wildman–Crippen MR) is 64.8 cm³/mol. The lowest BCUT2D eigenvalue weighted by Gasteiger charge is -2.03. The summed E-state index contributed by atoms with van der Waals surface area (Å²) in [6.07, 6.45) is 2.29. The van der Waals surface area contributed by atoms with Gasteiger partial charge >= 0.3 is 0 Å². The quantitative estimate of drug-likeness (QED) is 0.858. The zero-order valence-electron chi connectivity index (χ0n) is 7.50. The number of hydrogen-bond donors (Lipinski definition) is 1. The predicted octanol–water partition coefficient (Wildman–Crippen LogP) is 3.41. The third kappa shape index (κ3) is 2.03. The minimum atomic E-state index is 0.550. The molecule has 1 N–H and O–H groups in total. The van der Waals surface area contributed by atoms with Gasteiger partial charge in [0.05, 0.1) is 17.5 Å². The lowest BCUT2D eigenvalue weighted by Crippen LogP contribution is -1.85. The highest BCUT2D eigenvalue weighted by atomic mass is 79.9. The zero-order chi connectivity index (χ0) is 10.8. The Morgan fingerprint density at radius 1 is 1.33 bits per heavy atom. The second kappa shape index (κ2) is 4.28. The summed E-state index contributed by atoms with van der Waals surface area (Å²) in [5.74, 6) is 0. The Morgan fingerprint density at radius 3 is 2.87 bits per heavy atom. The fourth-order valence-electron chi connectivity index (χ4n) is 1.29. The molecular weight excluding hydrogens is 324 g/mol. The molecule has 0 saturated carbocycles. The Kier molecular flexibility index (Phi) is 3.02. The summed E-state index contributed by atoms with van der Waals surface area (Å²) in [5, 5.41) is 6.66. The molecular formula is C10H6Br2N2O. The molecule has 0 spiro atoms. The molecule has 0 aliphatic heterocycles. The number of H-pyrrole nitrogens is 1. The van der Waals surface area contributed by atoms with Crippen LogP contribution in [0.3, 0.4) is 0 Å². The summed E-state index contributed by atoms with van der Waals surface area (Å²) >= 11 is 6.82. The number of nitrogens with zero attached hydrogens (tertiary/aromatic N) is 1. The number of benzene rings is 1. The molecule has 1 heterocycles. The van der Waals surface area contributed by atoms with Crippen LogP contribution in [-0.2, 0) is 0 Å². The van der Waals surface area contributed by atoms with Crippen LogP contribution in [0.4, 0.5) is 0 Å². The lowest BCUT2D eigenvalue weighted by atomic mass is 10.1. The van der Waals surface area contributed by atoms with E-state index >= 15 is 0 Å². The van der Waals surface area contributed by atoms with Gasteiger partial charge in [0.15, 0.2) is 6.29 Å². The first-order valence-corrected chi connectivity index (χ1v) is 5.75. The first-order chi connectivity index (χ1) is 7.22. The van der Waals surface area contributed by atoms with Gasteiger partial charge in [0.1, 0.15) is 0 Å². The van der Waals surface area contributed by atoms with Crippen molar-refractivity contribution in [2.24, 2.45) is 0 Å². The van der Waals surface area contributed by atoms with Gasteiger partial charge in [0.2, 0.25) is 0 Å². The van der Waals surface area contributed by atoms with Crippen molar-refractivity contribution in [3.05, 3.63) is 38.9 Å². The van der Waals surface area contributed by atoms with Gasteiger partial charge < -0.3 is 0 Å². The molecule has 0 aliphatic rings. The van der Waals surface area contributed by atoms with E-state index in [0.717, 1.165) is 26.5 Å². The van der Waals surface area contributed by atoms with Gasteiger partial charge in [-0.3, -0.25) is 9.89 Å². The van der Waals surface area contributed by atoms with Crippen molar-refractivity contribution < 1.29 is 4.79 Å². The van der Waals surface area contributed by atoms with E-state index in [-0.39, 0.29) is 0 Å². The van der Waals surface area contributed by atoms with Gasteiger partial charge in [-0.1, -0.05) is 31.9 Å². The van der Waals surface area contributed by atoms with Crippen LogP contribution in [-0.4, -0.2) is 16.5 Å². The van der Waals surface area contributed by atoms with Crippen molar-refractivity contribution in [1.82, 2.24) is 10.2 Å². The van der Waals surface area contributed by atoms with Crippen molar-refractivity contribution in [3.8, 4) is 11.3 Å². The van der Waals surface area contributed by atoms with Gasteiger partial charge in [-0.15, -0.1) is 0 Å². The molecule has 1 aromatic heterocycles. The molecule has 0 atom stereocenters. The standard InChI is InChI=1S/C10H6Br2N2O/c11-7-1-2-9(12)8(3-7)10-6(5-15)4-13-14-10/h1-5H,(H,13,14). The molecule has 0 unspecified atom stereocenters. The summed E-state index contributed by atoms with van der Waals surface area (Å²) in [7, 11) is 0. The van der Waals surface area contributed by atoms with E-state index in [1.807, 2.05) is 18.2 Å². The molecule has 1 aromatic carbocycles. The summed E-state index contributed by atoms with van der Waals surface area (Å²) in [4.78, 5) is 10.8. The minimum absolute atomic E-state index is 0.550. The maximum Gasteiger partial charge on any atom is 0.153 e. The molecule has 2 aromatic rings. The van der Waals surface area contributed by atoms with E-state index in [0.29, 0.717) is 5.56 Å². The fraction of sp³-hybridized carbons (Fsp3) is 0. The zero-order valence-corrected chi connectivity index (χ0v) is 10.7. The highest BCUT2D eigenvalue weighted by molar-refractivity contribution is 9.11. The molecule has 0 amide bonds. The van der Waals surface area contributed by atoms with Gasteiger partial charge in [-0.2, -0.15) is 5.10 Å². The van der Waals surface area contributed by atoms with Crippen molar-refractivity contribution in [3.63, 3.8) is 0 Å². The maximum atomic E-state index is 10.8. The van der Waals surface area contributed by atoms with Crippen LogP contribution in [0.15, 0.2) is 33.3 Å². The van der Waals surface area contributed by atoms with Crippen molar-refractivity contribution in [1.29, 1.82) is 0 Å². The average Bonchev–Trinajstić information content (AvgIpc) is 2.69. The molecule has 5 heteroatoms. The number of aromatic amines is 1. The normalized spacial score (nSPS) is 10.3. The summed E-state index contributed by atoms with van der Waals surface area (Å²) in [6.45, 7) is 0. The van der Waals surface area contributed by atoms with E-state index in [2.05, 4.69) is 42.1 Å². The maximum absolute atomic E-state index is 10.8. The molecule has 0 radical (unpaired) electrons. The van der Waals surface area contributed by atoms with Crippen molar-refractivity contribution >= 4 is 38.1 Å². The van der Waals surface area contributed by atoms with Crippen LogP contribution in [0.2, 0.25) is 0 Å². The highest BCUT2D eigenvalue weighted by Gasteiger charge is 2.10. The first-order valence-electron chi connectivity index (χ1n) is 4.16. The number of halogens is 2. The Balaban J connectivity index is 2.62. The summed E-state index contributed by atoms with van der Waals surface area (Å²) in [6, 6.07) is 5.75. The van der Waals surface area contributed by atoms with E-state index in [1.165, 1.54) is 6.20 Å². The number of carbonyl (C=O) groups is 1. The number of rotatable bonds is 2. The van der Waals surface area contributed by atoms with E-state index < -0.39 is 0 Å². The molecule has 15 heavy (non-hydrogen) atoms. The summed E-state index contributed by atoms with van der Waals surface area (Å²) < 4.78 is 1.87. The third-order valence-corrected chi connectivity index (χ3v) is 3.18. The lowest BCUT2D eigenvalue weighted by molar-refractivity contribution is 0.112. The molecule has 2 rings (SSSR count). The molecule has 0 fully saturated rings. The van der Waals surface area contributed by atoms with Crippen LogP contribution in [0.1, 0.15) is 10.4 Å². The van der Waals surface area contributed by atoms with Crippen LogP contribution >= 0.6 is 31.9 Å². The number of aromatic nitrogens is 2. The van der Waals surface area contributed by atoms with E-state index in [4.69, 9.17) is 0 Å². The third-order valence-electron chi connectivity index (χ3n) is 1.99. The van der Waals surface area contributed by atoms with Gasteiger partial charge in [-0.05, 0) is 18.2 Å². The average molecular weight is 330 g/mol. The van der Waals surface area contributed by atoms with E-state index in [1.54, 1.807) is 0 Å². The van der Waals surface area contributed by atoms with Crippen LogP contribution < -0.4 is 0 Å². The summed E-state index contributed by atoms with van der Waals surface area (Å²) in [5.41, 5.74) is 2.18. The minimum Gasteiger partial charge on any atom is -0.298 e. The van der Waals surface area contributed by atoms with Crippen molar-refractivity contribution in [2.45, 2.75) is 0 Å². The Labute approximate surface area is 103 Å². The van der Waals surface area contributed by atoms with Crippen LogP contribution in [0.25, 0.3) is 11.3 Å². The van der Waals surface area contributed by atoms with Gasteiger partial charge in [0.25, 0.3) is 0 Å². The number of nitrogens with one attached hydrogen (secondary N) is 1. The Morgan fingerprint density at radius 2 is 2.13 bits per heavy atom. The largest absolute Gasteiger partial charge is 0.298 e. The van der Waals surface area contributed by atoms with Crippen molar-refractivity contribution in [2.75, 3.05) is 0 Å². The molecule has 76 valence electrons. The molecule has 0 bridgehead atoms. The number of carbonyl (C=O) groups excluding carboxylic acids is 1. The molecule has 3 nitrogen and oxygen atoms in total. The fourth-order valence-corrected chi connectivity index (χ4v) is 2.10.